The highest BCUT2D eigenvalue weighted by Gasteiger charge is 2.12. The normalized spacial score (nSPS) is 10.9. The predicted molar refractivity (Wildman–Crippen MR) is 123 cm³/mol. The van der Waals surface area contributed by atoms with E-state index < -0.39 is 5.91 Å². The number of nitrogens with one attached hydrogen (secondary N) is 1. The van der Waals surface area contributed by atoms with Crippen molar-refractivity contribution in [2.24, 2.45) is 0 Å². The van der Waals surface area contributed by atoms with Crippen LogP contribution in [0.15, 0.2) is 76.8 Å². The third kappa shape index (κ3) is 5.82. The molecule has 1 amide bonds. The van der Waals surface area contributed by atoms with Crippen LogP contribution in [0.25, 0.3) is 6.08 Å². The Morgan fingerprint density at radius 1 is 1.07 bits per heavy atom. The average Bonchev–Trinajstić information content (AvgIpc) is 2.72. The Morgan fingerprint density at radius 2 is 1.83 bits per heavy atom. The minimum absolute atomic E-state index is 0.00482. The first-order chi connectivity index (χ1) is 14.4. The predicted octanol–water partition coefficient (Wildman–Crippen LogP) is 6.19. The van der Waals surface area contributed by atoms with Gasteiger partial charge in [0.2, 0.25) is 0 Å². The van der Waals surface area contributed by atoms with Gasteiger partial charge in [-0.1, -0.05) is 57.9 Å². The van der Waals surface area contributed by atoms with Crippen LogP contribution in [-0.2, 0) is 11.4 Å². The van der Waals surface area contributed by atoms with Gasteiger partial charge >= 0.3 is 0 Å². The summed E-state index contributed by atoms with van der Waals surface area (Å²) in [7, 11) is 0. The van der Waals surface area contributed by atoms with Crippen molar-refractivity contribution in [3.05, 3.63) is 99.0 Å². The van der Waals surface area contributed by atoms with E-state index >= 15 is 0 Å². The van der Waals surface area contributed by atoms with Gasteiger partial charge in [-0.25, -0.2) is 0 Å². The highest BCUT2D eigenvalue weighted by atomic mass is 79.9. The van der Waals surface area contributed by atoms with Crippen molar-refractivity contribution in [3.8, 4) is 11.8 Å². The van der Waals surface area contributed by atoms with E-state index in [0.29, 0.717) is 23.6 Å². The zero-order valence-corrected chi connectivity index (χ0v) is 18.4. The summed E-state index contributed by atoms with van der Waals surface area (Å²) in [5, 5.41) is 12.3. The molecule has 0 spiro atoms. The summed E-state index contributed by atoms with van der Waals surface area (Å²) in [6.07, 6.45) is 1.54. The minimum atomic E-state index is -0.465. The standard InChI is InChI=1S/C25H21BrN2O2/c1-17-6-8-19(9-7-17)16-30-24-11-10-22(26)14-20(24)13-21(15-27)25(29)28-23-5-3-4-18(2)12-23/h3-14H,16H2,1-2H3,(H,28,29)/b21-13+. The van der Waals surface area contributed by atoms with Crippen molar-refractivity contribution in [3.63, 3.8) is 0 Å². The Bertz CT molecular complexity index is 1130. The lowest BCUT2D eigenvalue weighted by atomic mass is 10.1. The number of aryl methyl sites for hydroxylation is 2. The van der Waals surface area contributed by atoms with Gasteiger partial charge in [-0.2, -0.15) is 5.26 Å². The summed E-state index contributed by atoms with van der Waals surface area (Å²) in [5.74, 6) is 0.127. The molecule has 0 aliphatic rings. The fourth-order valence-corrected chi connectivity index (χ4v) is 3.21. The van der Waals surface area contributed by atoms with Crippen LogP contribution >= 0.6 is 15.9 Å². The highest BCUT2D eigenvalue weighted by Crippen LogP contribution is 2.27. The molecule has 3 aromatic carbocycles. The number of ether oxygens (including phenoxy) is 1. The van der Waals surface area contributed by atoms with Gasteiger partial charge in [-0.05, 0) is 61.4 Å². The monoisotopic (exact) mass is 460 g/mol. The van der Waals surface area contributed by atoms with Crippen molar-refractivity contribution < 1.29 is 9.53 Å². The van der Waals surface area contributed by atoms with E-state index in [1.807, 2.05) is 80.6 Å². The topological polar surface area (TPSA) is 62.1 Å². The summed E-state index contributed by atoms with van der Waals surface area (Å²) >= 11 is 3.44. The quantitative estimate of drug-likeness (QED) is 0.352. The number of anilines is 1. The molecule has 0 saturated heterocycles. The number of rotatable bonds is 6. The van der Waals surface area contributed by atoms with Crippen LogP contribution < -0.4 is 10.1 Å². The molecule has 3 rings (SSSR count). The molecule has 0 saturated carbocycles. The number of amides is 1. The Balaban J connectivity index is 1.82. The molecule has 0 aromatic heterocycles. The van der Waals surface area contributed by atoms with Crippen LogP contribution in [0.4, 0.5) is 5.69 Å². The van der Waals surface area contributed by atoms with Crippen molar-refractivity contribution in [2.75, 3.05) is 5.32 Å². The average molecular weight is 461 g/mol. The minimum Gasteiger partial charge on any atom is -0.488 e. The molecular weight excluding hydrogens is 440 g/mol. The number of nitriles is 1. The third-order valence-corrected chi connectivity index (χ3v) is 4.92. The molecule has 0 aliphatic heterocycles. The van der Waals surface area contributed by atoms with E-state index in [1.54, 1.807) is 12.1 Å². The first-order valence-corrected chi connectivity index (χ1v) is 10.2. The van der Waals surface area contributed by atoms with Crippen LogP contribution in [-0.4, -0.2) is 5.91 Å². The van der Waals surface area contributed by atoms with Crippen molar-refractivity contribution in [1.82, 2.24) is 0 Å². The largest absolute Gasteiger partial charge is 0.488 e. The summed E-state index contributed by atoms with van der Waals surface area (Å²) in [6.45, 7) is 4.36. The van der Waals surface area contributed by atoms with Crippen molar-refractivity contribution in [1.29, 1.82) is 5.26 Å². The van der Waals surface area contributed by atoms with Gasteiger partial charge < -0.3 is 10.1 Å². The molecule has 0 bridgehead atoms. The Hall–Kier alpha value is -3.36. The first-order valence-electron chi connectivity index (χ1n) is 9.42. The molecule has 150 valence electrons. The van der Waals surface area contributed by atoms with Crippen LogP contribution in [0.5, 0.6) is 5.75 Å². The van der Waals surface area contributed by atoms with Gasteiger partial charge in [0.25, 0.3) is 5.91 Å². The first kappa shape index (κ1) is 21.4. The second kappa shape index (κ2) is 9.91. The molecular formula is C25H21BrN2O2. The Kier molecular flexibility index (Phi) is 7.05. The summed E-state index contributed by atoms with van der Waals surface area (Å²) in [5.41, 5.74) is 4.53. The maximum Gasteiger partial charge on any atom is 0.266 e. The van der Waals surface area contributed by atoms with Gasteiger partial charge in [-0.3, -0.25) is 4.79 Å². The number of nitrogens with zero attached hydrogens (tertiary/aromatic N) is 1. The summed E-state index contributed by atoms with van der Waals surface area (Å²) in [6, 6.07) is 23.0. The SMILES string of the molecule is Cc1ccc(COc2ccc(Br)cc2/C=C(\C#N)C(=O)Nc2cccc(C)c2)cc1. The lowest BCUT2D eigenvalue weighted by Gasteiger charge is -2.11. The number of hydrogen-bond acceptors (Lipinski definition) is 3. The highest BCUT2D eigenvalue weighted by molar-refractivity contribution is 9.10. The van der Waals surface area contributed by atoms with E-state index in [2.05, 4.69) is 21.2 Å². The molecule has 0 radical (unpaired) electrons. The van der Waals surface area contributed by atoms with Gasteiger partial charge in [0.15, 0.2) is 0 Å². The smallest absolute Gasteiger partial charge is 0.266 e. The van der Waals surface area contributed by atoms with Crippen molar-refractivity contribution >= 4 is 33.6 Å². The van der Waals surface area contributed by atoms with Gasteiger partial charge in [-0.15, -0.1) is 0 Å². The van der Waals surface area contributed by atoms with Gasteiger partial charge in [0.1, 0.15) is 24.0 Å². The number of halogens is 1. The fourth-order valence-electron chi connectivity index (χ4n) is 2.83. The molecule has 4 nitrogen and oxygen atoms in total. The zero-order valence-electron chi connectivity index (χ0n) is 16.8. The second-order valence-corrected chi connectivity index (χ2v) is 7.87. The maximum atomic E-state index is 12.6. The Morgan fingerprint density at radius 3 is 2.53 bits per heavy atom. The molecule has 3 aromatic rings. The fraction of sp³-hybridized carbons (Fsp3) is 0.120. The summed E-state index contributed by atoms with van der Waals surface area (Å²) < 4.78 is 6.80. The van der Waals surface area contributed by atoms with E-state index in [4.69, 9.17) is 4.74 Å². The van der Waals surface area contributed by atoms with Gasteiger partial charge in [0.05, 0.1) is 0 Å². The molecule has 0 aliphatic carbocycles. The Labute approximate surface area is 184 Å². The molecule has 0 fully saturated rings. The van der Waals surface area contributed by atoms with E-state index in [1.165, 1.54) is 5.56 Å². The third-order valence-electron chi connectivity index (χ3n) is 4.43. The number of carbonyl (C=O) groups is 1. The molecule has 5 heteroatoms. The van der Waals surface area contributed by atoms with Crippen LogP contribution in [0.3, 0.4) is 0 Å². The van der Waals surface area contributed by atoms with E-state index in [0.717, 1.165) is 15.6 Å². The zero-order chi connectivity index (χ0) is 21.5. The molecule has 0 atom stereocenters. The van der Waals surface area contributed by atoms with E-state index in [-0.39, 0.29) is 5.57 Å². The number of carbonyl (C=O) groups excluding carboxylic acids is 1. The van der Waals surface area contributed by atoms with Crippen molar-refractivity contribution in [2.45, 2.75) is 20.5 Å². The van der Waals surface area contributed by atoms with Gasteiger partial charge in [0, 0.05) is 15.7 Å². The molecule has 0 heterocycles. The lowest BCUT2D eigenvalue weighted by Crippen LogP contribution is -2.13. The number of benzene rings is 3. The molecule has 0 unspecified atom stereocenters. The van der Waals surface area contributed by atoms with Crippen LogP contribution in [0, 0.1) is 25.2 Å². The maximum absolute atomic E-state index is 12.6. The van der Waals surface area contributed by atoms with E-state index in [9.17, 15) is 10.1 Å². The molecule has 1 N–H and O–H groups in total. The lowest BCUT2D eigenvalue weighted by molar-refractivity contribution is -0.112. The van der Waals surface area contributed by atoms with Crippen LogP contribution in [0.1, 0.15) is 22.3 Å². The second-order valence-electron chi connectivity index (χ2n) is 6.95. The molecule has 30 heavy (non-hydrogen) atoms. The summed E-state index contributed by atoms with van der Waals surface area (Å²) in [4.78, 5) is 12.6. The number of hydrogen-bond donors (Lipinski definition) is 1. The van der Waals surface area contributed by atoms with Crippen LogP contribution in [0.2, 0.25) is 0 Å².